The third kappa shape index (κ3) is 3.90. The predicted molar refractivity (Wildman–Crippen MR) is 65.4 cm³/mol. The molecule has 0 saturated carbocycles. The standard InChI is InChI=1S/C14H15FN2/c1-4-14(10(2)3)17-9-12-5-11(8-16)6-13(15)7-12/h1,5-7,10,14,17H,9H2,2-3H3. The minimum absolute atomic E-state index is 0.0520. The van der Waals surface area contributed by atoms with Gasteiger partial charge < -0.3 is 0 Å². The largest absolute Gasteiger partial charge is 0.299 e. The van der Waals surface area contributed by atoms with Gasteiger partial charge in [-0.25, -0.2) is 4.39 Å². The fourth-order valence-corrected chi connectivity index (χ4v) is 1.53. The zero-order valence-corrected chi connectivity index (χ0v) is 10.00. The number of terminal acetylenes is 1. The second-order valence-corrected chi connectivity index (χ2v) is 4.23. The highest BCUT2D eigenvalue weighted by Crippen LogP contribution is 2.09. The highest BCUT2D eigenvalue weighted by atomic mass is 19.1. The lowest BCUT2D eigenvalue weighted by Crippen LogP contribution is -2.31. The zero-order chi connectivity index (χ0) is 12.8. The second kappa shape index (κ2) is 6.03. The van der Waals surface area contributed by atoms with E-state index < -0.39 is 5.82 Å². The Labute approximate surface area is 101 Å². The van der Waals surface area contributed by atoms with Crippen molar-refractivity contribution < 1.29 is 4.39 Å². The van der Waals surface area contributed by atoms with Crippen molar-refractivity contribution >= 4 is 0 Å². The first-order valence-corrected chi connectivity index (χ1v) is 5.46. The van der Waals surface area contributed by atoms with E-state index in [2.05, 4.69) is 11.2 Å². The average Bonchev–Trinajstić information content (AvgIpc) is 2.28. The highest BCUT2D eigenvalue weighted by molar-refractivity contribution is 5.33. The van der Waals surface area contributed by atoms with Gasteiger partial charge in [-0.3, -0.25) is 5.32 Å². The summed E-state index contributed by atoms with van der Waals surface area (Å²) >= 11 is 0. The number of benzene rings is 1. The topological polar surface area (TPSA) is 35.8 Å². The average molecular weight is 230 g/mol. The van der Waals surface area contributed by atoms with Crippen molar-refractivity contribution in [3.63, 3.8) is 0 Å². The lowest BCUT2D eigenvalue weighted by Gasteiger charge is -2.16. The van der Waals surface area contributed by atoms with Crippen LogP contribution in [-0.2, 0) is 6.54 Å². The SMILES string of the molecule is C#CC(NCc1cc(F)cc(C#N)c1)C(C)C. The maximum absolute atomic E-state index is 13.2. The van der Waals surface area contributed by atoms with Gasteiger partial charge in [-0.1, -0.05) is 19.8 Å². The Balaban J connectivity index is 2.73. The second-order valence-electron chi connectivity index (χ2n) is 4.23. The van der Waals surface area contributed by atoms with Crippen LogP contribution >= 0.6 is 0 Å². The molecule has 0 radical (unpaired) electrons. The molecule has 1 atom stereocenters. The van der Waals surface area contributed by atoms with E-state index in [1.807, 2.05) is 19.9 Å². The van der Waals surface area contributed by atoms with Crippen molar-refractivity contribution in [1.29, 1.82) is 5.26 Å². The Hall–Kier alpha value is -1.84. The molecule has 1 N–H and O–H groups in total. The van der Waals surface area contributed by atoms with Gasteiger partial charge in [0.25, 0.3) is 0 Å². The number of nitrogens with zero attached hydrogens (tertiary/aromatic N) is 1. The summed E-state index contributed by atoms with van der Waals surface area (Å²) in [6.07, 6.45) is 5.38. The normalized spacial score (nSPS) is 11.9. The molecule has 1 aromatic rings. The van der Waals surface area contributed by atoms with Gasteiger partial charge >= 0.3 is 0 Å². The van der Waals surface area contributed by atoms with E-state index in [1.54, 1.807) is 6.07 Å². The zero-order valence-electron chi connectivity index (χ0n) is 10.00. The molecule has 0 spiro atoms. The van der Waals surface area contributed by atoms with Gasteiger partial charge in [0.05, 0.1) is 17.7 Å². The monoisotopic (exact) mass is 230 g/mol. The van der Waals surface area contributed by atoms with Gasteiger partial charge in [0, 0.05) is 6.54 Å². The summed E-state index contributed by atoms with van der Waals surface area (Å²) < 4.78 is 13.2. The first-order chi connectivity index (χ1) is 8.06. The molecular weight excluding hydrogens is 215 g/mol. The fraction of sp³-hybridized carbons (Fsp3) is 0.357. The van der Waals surface area contributed by atoms with Gasteiger partial charge in [-0.2, -0.15) is 5.26 Å². The molecule has 0 fully saturated rings. The lowest BCUT2D eigenvalue weighted by atomic mass is 10.0. The summed E-state index contributed by atoms with van der Waals surface area (Å²) in [5.41, 5.74) is 1.05. The molecule has 0 aliphatic heterocycles. The molecule has 2 nitrogen and oxygen atoms in total. The van der Waals surface area contributed by atoms with E-state index in [0.29, 0.717) is 18.0 Å². The van der Waals surface area contributed by atoms with Crippen LogP contribution < -0.4 is 5.32 Å². The van der Waals surface area contributed by atoms with Crippen LogP contribution in [0.3, 0.4) is 0 Å². The summed E-state index contributed by atoms with van der Waals surface area (Å²) in [5, 5.41) is 11.9. The Morgan fingerprint density at radius 2 is 2.12 bits per heavy atom. The summed E-state index contributed by atoms with van der Waals surface area (Å²) in [6, 6.07) is 6.15. The van der Waals surface area contributed by atoms with Crippen molar-refractivity contribution in [2.75, 3.05) is 0 Å². The third-order valence-electron chi connectivity index (χ3n) is 2.46. The Kier molecular flexibility index (Phi) is 4.69. The van der Waals surface area contributed by atoms with Crippen LogP contribution in [0.25, 0.3) is 0 Å². The fourth-order valence-electron chi connectivity index (χ4n) is 1.53. The van der Waals surface area contributed by atoms with E-state index in [4.69, 9.17) is 11.7 Å². The molecule has 88 valence electrons. The summed E-state index contributed by atoms with van der Waals surface area (Å²) in [6.45, 7) is 4.49. The molecular formula is C14H15FN2. The van der Waals surface area contributed by atoms with Crippen LogP contribution in [0.5, 0.6) is 0 Å². The van der Waals surface area contributed by atoms with E-state index in [-0.39, 0.29) is 6.04 Å². The van der Waals surface area contributed by atoms with Crippen molar-refractivity contribution in [3.05, 3.63) is 35.1 Å². The van der Waals surface area contributed by atoms with Gasteiger partial charge in [0.2, 0.25) is 0 Å². The maximum atomic E-state index is 13.2. The molecule has 0 aliphatic rings. The van der Waals surface area contributed by atoms with Crippen LogP contribution in [0, 0.1) is 35.4 Å². The molecule has 0 aliphatic carbocycles. The van der Waals surface area contributed by atoms with E-state index >= 15 is 0 Å². The molecule has 0 bridgehead atoms. The summed E-state index contributed by atoms with van der Waals surface area (Å²) in [5.74, 6) is 2.55. The molecule has 0 aromatic heterocycles. The maximum Gasteiger partial charge on any atom is 0.124 e. The summed E-state index contributed by atoms with van der Waals surface area (Å²) in [7, 11) is 0. The predicted octanol–water partition coefficient (Wildman–Crippen LogP) is 2.44. The highest BCUT2D eigenvalue weighted by Gasteiger charge is 2.09. The number of nitriles is 1. The van der Waals surface area contributed by atoms with Crippen molar-refractivity contribution in [1.82, 2.24) is 5.32 Å². The van der Waals surface area contributed by atoms with Crippen LogP contribution in [0.4, 0.5) is 4.39 Å². The van der Waals surface area contributed by atoms with E-state index in [9.17, 15) is 4.39 Å². The van der Waals surface area contributed by atoms with Crippen LogP contribution in [0.2, 0.25) is 0 Å². The Bertz CT molecular complexity index is 466. The van der Waals surface area contributed by atoms with Crippen LogP contribution in [0.1, 0.15) is 25.0 Å². The molecule has 1 aromatic carbocycles. The molecule has 1 unspecified atom stereocenters. The number of hydrogen-bond acceptors (Lipinski definition) is 2. The first-order valence-electron chi connectivity index (χ1n) is 5.46. The third-order valence-corrected chi connectivity index (χ3v) is 2.46. The molecule has 17 heavy (non-hydrogen) atoms. The molecule has 0 amide bonds. The smallest absolute Gasteiger partial charge is 0.124 e. The van der Waals surface area contributed by atoms with E-state index in [1.165, 1.54) is 12.1 Å². The van der Waals surface area contributed by atoms with Gasteiger partial charge in [-0.15, -0.1) is 6.42 Å². The molecule has 1 rings (SSSR count). The van der Waals surface area contributed by atoms with Gasteiger partial charge in [-0.05, 0) is 29.7 Å². The number of halogens is 1. The van der Waals surface area contributed by atoms with Crippen molar-refractivity contribution in [2.45, 2.75) is 26.4 Å². The van der Waals surface area contributed by atoms with Crippen LogP contribution in [0.15, 0.2) is 18.2 Å². The molecule has 3 heteroatoms. The van der Waals surface area contributed by atoms with Crippen LogP contribution in [-0.4, -0.2) is 6.04 Å². The Morgan fingerprint density at radius 3 is 2.65 bits per heavy atom. The quantitative estimate of drug-likeness (QED) is 0.806. The number of nitrogens with one attached hydrogen (secondary N) is 1. The van der Waals surface area contributed by atoms with Gasteiger partial charge in [0.1, 0.15) is 5.82 Å². The number of hydrogen-bond donors (Lipinski definition) is 1. The van der Waals surface area contributed by atoms with E-state index in [0.717, 1.165) is 5.56 Å². The Morgan fingerprint density at radius 1 is 1.41 bits per heavy atom. The molecule has 0 heterocycles. The van der Waals surface area contributed by atoms with Crippen molar-refractivity contribution in [2.24, 2.45) is 5.92 Å². The first kappa shape index (κ1) is 13.2. The lowest BCUT2D eigenvalue weighted by molar-refractivity contribution is 0.475. The van der Waals surface area contributed by atoms with Gasteiger partial charge in [0.15, 0.2) is 0 Å². The molecule has 0 saturated heterocycles. The van der Waals surface area contributed by atoms with Crippen molar-refractivity contribution in [3.8, 4) is 18.4 Å². The summed E-state index contributed by atoms with van der Waals surface area (Å²) in [4.78, 5) is 0. The minimum Gasteiger partial charge on any atom is -0.299 e. The minimum atomic E-state index is -0.400. The number of rotatable bonds is 4.